The molecule has 0 radical (unpaired) electrons. The third-order valence-corrected chi connectivity index (χ3v) is 5.54. The van der Waals surface area contributed by atoms with Crippen molar-refractivity contribution in [2.45, 2.75) is 12.3 Å². The van der Waals surface area contributed by atoms with Crippen LogP contribution in [0, 0.1) is 5.82 Å². The summed E-state index contributed by atoms with van der Waals surface area (Å²) >= 11 is 1.07. The molecule has 4 aromatic rings. The normalized spacial score (nSPS) is 12.8. The van der Waals surface area contributed by atoms with Crippen LogP contribution < -0.4 is 5.32 Å². The second kappa shape index (κ2) is 8.12. The van der Waals surface area contributed by atoms with Gasteiger partial charge in [0.15, 0.2) is 6.10 Å². The molecule has 4 rings (SSSR count). The fourth-order valence-electron chi connectivity index (χ4n) is 2.96. The van der Waals surface area contributed by atoms with Crippen molar-refractivity contribution >= 4 is 28.3 Å². The average Bonchev–Trinajstić information content (AvgIpc) is 3.38. The number of hydrogen-bond donors (Lipinski definition) is 3. The van der Waals surface area contributed by atoms with Crippen LogP contribution in [0.25, 0.3) is 33.4 Å². The van der Waals surface area contributed by atoms with E-state index in [9.17, 15) is 22.4 Å². The van der Waals surface area contributed by atoms with E-state index >= 15 is 0 Å². The van der Waals surface area contributed by atoms with Crippen LogP contribution in [0.3, 0.4) is 0 Å². The highest BCUT2D eigenvalue weighted by Gasteiger charge is 2.38. The molecule has 0 aliphatic rings. The number of aromatic amines is 1. The van der Waals surface area contributed by atoms with E-state index in [2.05, 4.69) is 15.3 Å². The molecule has 3 heterocycles. The van der Waals surface area contributed by atoms with Crippen molar-refractivity contribution in [2.75, 3.05) is 6.54 Å². The van der Waals surface area contributed by atoms with E-state index in [0.29, 0.717) is 11.2 Å². The summed E-state index contributed by atoms with van der Waals surface area (Å²) in [5.74, 6) is -1.03. The summed E-state index contributed by atoms with van der Waals surface area (Å²) in [6.07, 6.45) is -5.80. The number of rotatable bonds is 5. The van der Waals surface area contributed by atoms with Crippen LogP contribution in [0.4, 0.5) is 17.6 Å². The molecule has 0 saturated heterocycles. The fraction of sp³-hybridized carbons (Fsp3) is 0.143. The van der Waals surface area contributed by atoms with E-state index in [1.165, 1.54) is 12.1 Å². The van der Waals surface area contributed by atoms with Crippen molar-refractivity contribution in [2.24, 2.45) is 0 Å². The Morgan fingerprint density at radius 3 is 2.58 bits per heavy atom. The molecule has 0 spiro atoms. The maximum Gasteiger partial charge on any atom is 0.416 e. The smallest absolute Gasteiger partial charge is 0.382 e. The van der Waals surface area contributed by atoms with Crippen LogP contribution in [-0.4, -0.2) is 39.8 Å². The van der Waals surface area contributed by atoms with Gasteiger partial charge in [-0.25, -0.2) is 9.37 Å². The minimum absolute atomic E-state index is 0.213. The molecule has 3 N–H and O–H groups in total. The third kappa shape index (κ3) is 4.59. The summed E-state index contributed by atoms with van der Waals surface area (Å²) in [5.41, 5.74) is 3.62. The number of nitrogens with zero attached hydrogens (tertiary/aromatic N) is 1. The standard InChI is InChI=1S/C21H15F4N3O2S/c22-15-3-1-11(2-4-15)16-6-12-5-13(8-26-19(12)28-16)14-7-17(31-10-14)20(30)27-9-18(29)21(23,24)25/h1-8,10,18,29H,9H2,(H,26,28)(H,27,30). The number of pyridine rings is 1. The molecule has 5 nitrogen and oxygen atoms in total. The van der Waals surface area contributed by atoms with Crippen molar-refractivity contribution < 1.29 is 27.5 Å². The number of halogens is 4. The monoisotopic (exact) mass is 449 g/mol. The number of alkyl halides is 3. The lowest BCUT2D eigenvalue weighted by Gasteiger charge is -2.14. The summed E-state index contributed by atoms with van der Waals surface area (Å²) in [6.45, 7) is -0.918. The number of fused-ring (bicyclic) bond motifs is 1. The Bertz CT molecular complexity index is 1230. The van der Waals surface area contributed by atoms with E-state index in [1.807, 2.05) is 12.1 Å². The molecular formula is C21H15F4N3O2S. The topological polar surface area (TPSA) is 78.0 Å². The molecule has 0 fully saturated rings. The first-order chi connectivity index (χ1) is 14.7. The van der Waals surface area contributed by atoms with Gasteiger partial charge in [0.05, 0.1) is 11.4 Å². The average molecular weight is 449 g/mol. The zero-order valence-corrected chi connectivity index (χ0v) is 16.5. The van der Waals surface area contributed by atoms with Gasteiger partial charge in [-0.05, 0) is 59.0 Å². The van der Waals surface area contributed by atoms with Gasteiger partial charge in [0, 0.05) is 22.8 Å². The summed E-state index contributed by atoms with van der Waals surface area (Å²) in [4.78, 5) is 19.8. The van der Waals surface area contributed by atoms with Gasteiger partial charge < -0.3 is 15.4 Å². The predicted octanol–water partition coefficient (Wildman–Crippen LogP) is 4.75. The maximum absolute atomic E-state index is 13.1. The number of H-pyrrole nitrogens is 1. The summed E-state index contributed by atoms with van der Waals surface area (Å²) in [5, 5.41) is 13.6. The van der Waals surface area contributed by atoms with E-state index in [4.69, 9.17) is 5.11 Å². The first-order valence-electron chi connectivity index (χ1n) is 9.07. The first-order valence-corrected chi connectivity index (χ1v) is 9.95. The Kier molecular flexibility index (Phi) is 5.50. The molecule has 1 atom stereocenters. The van der Waals surface area contributed by atoms with Crippen LogP contribution in [0.2, 0.25) is 0 Å². The number of benzene rings is 1. The minimum Gasteiger partial charge on any atom is -0.382 e. The number of thiophene rings is 1. The Morgan fingerprint density at radius 2 is 1.87 bits per heavy atom. The molecule has 0 bridgehead atoms. The number of aromatic nitrogens is 2. The van der Waals surface area contributed by atoms with Crippen LogP contribution in [-0.2, 0) is 0 Å². The predicted molar refractivity (Wildman–Crippen MR) is 109 cm³/mol. The molecule has 160 valence electrons. The molecule has 31 heavy (non-hydrogen) atoms. The lowest BCUT2D eigenvalue weighted by Crippen LogP contribution is -2.40. The van der Waals surface area contributed by atoms with Gasteiger partial charge in [-0.3, -0.25) is 4.79 Å². The van der Waals surface area contributed by atoms with Crippen LogP contribution in [0.5, 0.6) is 0 Å². The summed E-state index contributed by atoms with van der Waals surface area (Å²) in [7, 11) is 0. The molecule has 1 amide bonds. The summed E-state index contributed by atoms with van der Waals surface area (Å²) < 4.78 is 50.2. The largest absolute Gasteiger partial charge is 0.416 e. The van der Waals surface area contributed by atoms with Gasteiger partial charge in [-0.15, -0.1) is 11.3 Å². The number of aliphatic hydroxyl groups excluding tert-OH is 1. The lowest BCUT2D eigenvalue weighted by molar-refractivity contribution is -0.201. The van der Waals surface area contributed by atoms with Gasteiger partial charge in [-0.1, -0.05) is 0 Å². The molecule has 0 aliphatic heterocycles. The molecule has 1 unspecified atom stereocenters. The third-order valence-electron chi connectivity index (χ3n) is 4.62. The Balaban J connectivity index is 1.52. The Morgan fingerprint density at radius 1 is 1.13 bits per heavy atom. The fourth-order valence-corrected chi connectivity index (χ4v) is 3.79. The van der Waals surface area contributed by atoms with Crippen molar-refractivity contribution in [3.05, 3.63) is 64.7 Å². The van der Waals surface area contributed by atoms with Gasteiger partial charge in [0.2, 0.25) is 0 Å². The zero-order chi connectivity index (χ0) is 22.2. The van der Waals surface area contributed by atoms with Crippen LogP contribution in [0.1, 0.15) is 9.67 Å². The number of carbonyl (C=O) groups is 1. The Hall–Kier alpha value is -3.24. The molecule has 1 aromatic carbocycles. The quantitative estimate of drug-likeness (QED) is 0.385. The second-order valence-electron chi connectivity index (χ2n) is 6.82. The van der Waals surface area contributed by atoms with Gasteiger partial charge in [-0.2, -0.15) is 13.2 Å². The number of hydrogen-bond acceptors (Lipinski definition) is 4. The number of nitrogens with one attached hydrogen (secondary N) is 2. The van der Waals surface area contributed by atoms with Gasteiger partial charge >= 0.3 is 6.18 Å². The van der Waals surface area contributed by atoms with Crippen molar-refractivity contribution in [3.8, 4) is 22.4 Å². The Labute approximate surface area is 177 Å². The van der Waals surface area contributed by atoms with Crippen LogP contribution in [0.15, 0.2) is 54.0 Å². The van der Waals surface area contributed by atoms with Crippen molar-refractivity contribution in [1.29, 1.82) is 0 Å². The minimum atomic E-state index is -4.79. The molecule has 0 saturated carbocycles. The molecular weight excluding hydrogens is 434 g/mol. The highest BCUT2D eigenvalue weighted by molar-refractivity contribution is 7.12. The van der Waals surface area contributed by atoms with E-state index in [1.54, 1.807) is 29.8 Å². The van der Waals surface area contributed by atoms with Crippen LogP contribution >= 0.6 is 11.3 Å². The van der Waals surface area contributed by atoms with E-state index in [-0.39, 0.29) is 10.7 Å². The molecule has 10 heteroatoms. The van der Waals surface area contributed by atoms with E-state index < -0.39 is 24.7 Å². The second-order valence-corrected chi connectivity index (χ2v) is 7.73. The van der Waals surface area contributed by atoms with E-state index in [0.717, 1.165) is 33.5 Å². The van der Waals surface area contributed by atoms with Gasteiger partial charge in [0.1, 0.15) is 11.5 Å². The number of aliphatic hydroxyl groups is 1. The number of amides is 1. The maximum atomic E-state index is 13.1. The molecule has 0 aliphatic carbocycles. The van der Waals surface area contributed by atoms with Crippen molar-refractivity contribution in [3.63, 3.8) is 0 Å². The highest BCUT2D eigenvalue weighted by atomic mass is 32.1. The first kappa shape index (κ1) is 21.0. The lowest BCUT2D eigenvalue weighted by atomic mass is 10.1. The number of carbonyl (C=O) groups excluding carboxylic acids is 1. The highest BCUT2D eigenvalue weighted by Crippen LogP contribution is 2.30. The molecule has 3 aromatic heterocycles. The van der Waals surface area contributed by atoms with Crippen molar-refractivity contribution in [1.82, 2.24) is 15.3 Å². The zero-order valence-electron chi connectivity index (χ0n) is 15.7. The summed E-state index contributed by atoms with van der Waals surface area (Å²) in [6, 6.07) is 11.3. The van der Waals surface area contributed by atoms with Gasteiger partial charge in [0.25, 0.3) is 5.91 Å². The SMILES string of the molecule is O=C(NCC(O)C(F)(F)F)c1cc(-c2cnc3[nH]c(-c4ccc(F)cc4)cc3c2)cs1.